The van der Waals surface area contributed by atoms with Gasteiger partial charge in [-0.25, -0.2) is 13.1 Å². The molecule has 0 atom stereocenters. The summed E-state index contributed by atoms with van der Waals surface area (Å²) in [5.74, 6) is -1.05. The van der Waals surface area contributed by atoms with Crippen molar-refractivity contribution in [2.24, 2.45) is 0 Å². The second-order valence-electron chi connectivity index (χ2n) is 5.54. The molecule has 6 nitrogen and oxygen atoms in total. The first kappa shape index (κ1) is 21.0. The molecule has 0 aliphatic rings. The molecule has 0 unspecified atom stereocenters. The summed E-state index contributed by atoms with van der Waals surface area (Å²) in [5, 5.41) is 11.6. The van der Waals surface area contributed by atoms with Crippen LogP contribution in [0.25, 0.3) is 0 Å². The fourth-order valence-corrected chi connectivity index (χ4v) is 3.57. The van der Waals surface area contributed by atoms with Crippen LogP contribution in [0, 0.1) is 6.92 Å². The highest BCUT2D eigenvalue weighted by Crippen LogP contribution is 2.33. The Labute approximate surface area is 158 Å². The van der Waals surface area contributed by atoms with Gasteiger partial charge in [0.05, 0.1) is 22.8 Å². The van der Waals surface area contributed by atoms with E-state index in [4.69, 9.17) is 11.6 Å². The van der Waals surface area contributed by atoms with E-state index in [1.54, 1.807) is 13.0 Å². The van der Waals surface area contributed by atoms with Crippen molar-refractivity contribution in [2.45, 2.75) is 18.0 Å². The molecule has 0 saturated heterocycles. The Kier molecular flexibility index (Phi) is 6.03. The Hall–Kier alpha value is -2.30. The number of anilines is 1. The predicted molar refractivity (Wildman–Crippen MR) is 93.1 cm³/mol. The van der Waals surface area contributed by atoms with Crippen LogP contribution in [0.2, 0.25) is 5.02 Å². The molecule has 1 amide bonds. The van der Waals surface area contributed by atoms with E-state index in [1.165, 1.54) is 12.1 Å². The van der Waals surface area contributed by atoms with Gasteiger partial charge >= 0.3 is 6.18 Å². The number of halogens is 4. The summed E-state index contributed by atoms with van der Waals surface area (Å²) in [6.07, 6.45) is -4.75. The highest BCUT2D eigenvalue weighted by molar-refractivity contribution is 7.89. The normalized spacial score (nSPS) is 12.0. The number of aryl methyl sites for hydroxylation is 1. The smallest absolute Gasteiger partial charge is 0.416 e. The van der Waals surface area contributed by atoms with Gasteiger partial charge in [0, 0.05) is 0 Å². The van der Waals surface area contributed by atoms with E-state index < -0.39 is 44.1 Å². The third kappa shape index (κ3) is 5.34. The zero-order valence-corrected chi connectivity index (χ0v) is 15.3. The molecule has 0 heterocycles. The molecular formula is C16H14ClF3N2O4S. The topological polar surface area (TPSA) is 95.5 Å². The number of carbonyl (C=O) groups excluding carboxylic acids is 1. The minimum Gasteiger partial charge on any atom is -0.506 e. The van der Waals surface area contributed by atoms with Crippen molar-refractivity contribution in [2.75, 3.05) is 11.9 Å². The van der Waals surface area contributed by atoms with Gasteiger partial charge in [-0.15, -0.1) is 0 Å². The molecule has 2 rings (SSSR count). The monoisotopic (exact) mass is 422 g/mol. The van der Waals surface area contributed by atoms with Crippen molar-refractivity contribution in [3.63, 3.8) is 0 Å². The summed E-state index contributed by atoms with van der Waals surface area (Å²) < 4.78 is 64.6. The highest BCUT2D eigenvalue weighted by atomic mass is 35.5. The molecule has 3 N–H and O–H groups in total. The molecule has 0 radical (unpaired) electrons. The van der Waals surface area contributed by atoms with Crippen LogP contribution in [0.3, 0.4) is 0 Å². The molecular weight excluding hydrogens is 409 g/mol. The van der Waals surface area contributed by atoms with Crippen LogP contribution in [0.4, 0.5) is 18.9 Å². The maximum absolute atomic E-state index is 12.8. The number of alkyl halides is 3. The lowest BCUT2D eigenvalue weighted by Crippen LogP contribution is -2.33. The van der Waals surface area contributed by atoms with Gasteiger partial charge in [0.25, 0.3) is 0 Å². The number of rotatable bonds is 5. The van der Waals surface area contributed by atoms with E-state index in [-0.39, 0.29) is 11.4 Å². The van der Waals surface area contributed by atoms with Crippen LogP contribution >= 0.6 is 11.6 Å². The number of hydrogen-bond donors (Lipinski definition) is 3. The lowest BCUT2D eigenvalue weighted by Gasteiger charge is -2.12. The fraction of sp³-hybridized carbons (Fsp3) is 0.188. The fourth-order valence-electron chi connectivity index (χ4n) is 2.07. The van der Waals surface area contributed by atoms with Gasteiger partial charge in [-0.05, 0) is 42.8 Å². The highest BCUT2D eigenvalue weighted by Gasteiger charge is 2.32. The van der Waals surface area contributed by atoms with Crippen molar-refractivity contribution < 1.29 is 31.5 Å². The molecule has 0 spiro atoms. The van der Waals surface area contributed by atoms with Crippen molar-refractivity contribution in [3.05, 3.63) is 52.5 Å². The summed E-state index contributed by atoms with van der Waals surface area (Å²) in [5.41, 5.74) is -0.395. The van der Waals surface area contributed by atoms with E-state index in [0.29, 0.717) is 12.1 Å². The zero-order chi connectivity index (χ0) is 20.4. The third-order valence-corrected chi connectivity index (χ3v) is 5.28. The van der Waals surface area contributed by atoms with Gasteiger partial charge in [0.1, 0.15) is 10.6 Å². The van der Waals surface area contributed by atoms with Crippen molar-refractivity contribution in [1.29, 1.82) is 0 Å². The number of sulfonamides is 1. The Morgan fingerprint density at radius 3 is 2.44 bits per heavy atom. The van der Waals surface area contributed by atoms with Crippen molar-refractivity contribution in [3.8, 4) is 5.75 Å². The lowest BCUT2D eigenvalue weighted by molar-refractivity contribution is -0.137. The summed E-state index contributed by atoms with van der Waals surface area (Å²) in [6.45, 7) is 0.945. The summed E-state index contributed by atoms with van der Waals surface area (Å²) in [7, 11) is -4.48. The van der Waals surface area contributed by atoms with Crippen LogP contribution in [0.1, 0.15) is 11.1 Å². The van der Waals surface area contributed by atoms with E-state index in [9.17, 15) is 31.5 Å². The lowest BCUT2D eigenvalue weighted by atomic mass is 10.2. The minimum absolute atomic E-state index is 0.0573. The summed E-state index contributed by atoms with van der Waals surface area (Å²) >= 11 is 5.69. The van der Waals surface area contributed by atoms with Gasteiger partial charge in [0.2, 0.25) is 15.9 Å². The van der Waals surface area contributed by atoms with Crippen LogP contribution in [0.15, 0.2) is 41.3 Å². The number of benzene rings is 2. The average molecular weight is 423 g/mol. The number of phenols is 1. The standard InChI is InChI=1S/C16H14ClF3N2O4S/c1-9-2-5-12(13(23)6-9)22-15(24)8-21-27(25,26)14-7-10(16(18,19)20)3-4-11(14)17/h2-7,21,23H,8H2,1H3,(H,22,24). The molecule has 0 aliphatic heterocycles. The average Bonchev–Trinajstić information content (AvgIpc) is 2.55. The van der Waals surface area contributed by atoms with E-state index >= 15 is 0 Å². The number of nitrogens with one attached hydrogen (secondary N) is 2. The Balaban J connectivity index is 2.14. The number of aromatic hydroxyl groups is 1. The van der Waals surface area contributed by atoms with Crippen molar-refractivity contribution >= 4 is 33.2 Å². The largest absolute Gasteiger partial charge is 0.506 e. The Bertz CT molecular complexity index is 978. The number of amides is 1. The van der Waals surface area contributed by atoms with E-state index in [1.807, 2.05) is 4.72 Å². The van der Waals surface area contributed by atoms with Gasteiger partial charge < -0.3 is 10.4 Å². The first-order chi connectivity index (χ1) is 12.4. The Morgan fingerprint density at radius 2 is 1.85 bits per heavy atom. The molecule has 0 aliphatic carbocycles. The Morgan fingerprint density at radius 1 is 1.19 bits per heavy atom. The molecule has 11 heteroatoms. The predicted octanol–water partition coefficient (Wildman–Crippen LogP) is 3.29. The van der Waals surface area contributed by atoms with Crippen molar-refractivity contribution in [1.82, 2.24) is 4.72 Å². The minimum atomic E-state index is -4.75. The number of hydrogen-bond acceptors (Lipinski definition) is 4. The van der Waals surface area contributed by atoms with Crippen LogP contribution < -0.4 is 10.0 Å². The molecule has 0 aromatic heterocycles. The van der Waals surface area contributed by atoms with Crippen LogP contribution in [-0.2, 0) is 21.0 Å². The number of carbonyl (C=O) groups is 1. The number of phenolic OH excluding ortho intramolecular Hbond substituents is 1. The van der Waals surface area contributed by atoms with Gasteiger partial charge in [-0.3, -0.25) is 4.79 Å². The van der Waals surface area contributed by atoms with E-state index in [2.05, 4.69) is 5.32 Å². The quantitative estimate of drug-likeness (QED) is 0.644. The maximum atomic E-state index is 12.8. The third-order valence-electron chi connectivity index (χ3n) is 3.40. The van der Waals surface area contributed by atoms with Gasteiger partial charge in [-0.2, -0.15) is 13.2 Å². The summed E-state index contributed by atoms with van der Waals surface area (Å²) in [6, 6.07) is 6.26. The van der Waals surface area contributed by atoms with Gasteiger partial charge in [0.15, 0.2) is 0 Å². The molecule has 0 saturated carbocycles. The molecule has 0 fully saturated rings. The second kappa shape index (κ2) is 7.75. The van der Waals surface area contributed by atoms with Crippen LogP contribution in [0.5, 0.6) is 5.75 Å². The molecule has 2 aromatic carbocycles. The zero-order valence-electron chi connectivity index (χ0n) is 13.8. The SMILES string of the molecule is Cc1ccc(NC(=O)CNS(=O)(=O)c2cc(C(F)(F)F)ccc2Cl)c(O)c1. The van der Waals surface area contributed by atoms with Crippen LogP contribution in [-0.4, -0.2) is 26.0 Å². The molecule has 0 bridgehead atoms. The summed E-state index contributed by atoms with van der Waals surface area (Å²) in [4.78, 5) is 11.1. The molecule has 27 heavy (non-hydrogen) atoms. The molecule has 146 valence electrons. The maximum Gasteiger partial charge on any atom is 0.416 e. The molecule has 2 aromatic rings. The first-order valence-corrected chi connectivity index (χ1v) is 9.22. The van der Waals surface area contributed by atoms with E-state index in [0.717, 1.165) is 11.6 Å². The van der Waals surface area contributed by atoms with Gasteiger partial charge in [-0.1, -0.05) is 17.7 Å². The second-order valence-corrected chi connectivity index (χ2v) is 7.68. The first-order valence-electron chi connectivity index (χ1n) is 7.36.